The van der Waals surface area contributed by atoms with Crippen LogP contribution in [0.4, 0.5) is 0 Å². The lowest BCUT2D eigenvalue weighted by atomic mass is 10.1. The zero-order chi connectivity index (χ0) is 22.1. The van der Waals surface area contributed by atoms with Crippen LogP contribution in [0.1, 0.15) is 11.1 Å². The second kappa shape index (κ2) is 13.4. The maximum atomic E-state index is 5.57. The maximum Gasteiger partial charge on any atom is 0.500 e. The van der Waals surface area contributed by atoms with Gasteiger partial charge in [0.25, 0.3) is 0 Å². The van der Waals surface area contributed by atoms with Crippen molar-refractivity contribution in [2.24, 2.45) is 0 Å². The van der Waals surface area contributed by atoms with Gasteiger partial charge < -0.3 is 13.3 Å². The molecule has 3 rings (SSSR count). The fraction of sp³-hybridized carbons (Fsp3) is 0.316. The van der Waals surface area contributed by atoms with E-state index >= 15 is 0 Å². The maximum absolute atomic E-state index is 5.57. The SMILES string of the molecule is CO[Si](CCc1cc(C)ccc1SSSSSSc1nc2ccccc2s1)(OC)OC. The summed E-state index contributed by atoms with van der Waals surface area (Å²) in [4.78, 5) is 5.93. The number of rotatable bonds is 13. The van der Waals surface area contributed by atoms with E-state index in [-0.39, 0.29) is 0 Å². The van der Waals surface area contributed by atoms with Crippen molar-refractivity contribution in [1.82, 2.24) is 4.98 Å². The summed E-state index contributed by atoms with van der Waals surface area (Å²) in [6.45, 7) is 2.12. The Hall–Kier alpha value is 0.527. The van der Waals surface area contributed by atoms with E-state index < -0.39 is 8.80 Å². The molecule has 0 aliphatic carbocycles. The topological polar surface area (TPSA) is 40.6 Å². The van der Waals surface area contributed by atoms with Gasteiger partial charge in [0.05, 0.1) is 10.2 Å². The Morgan fingerprint density at radius 1 is 0.903 bits per heavy atom. The fourth-order valence-corrected chi connectivity index (χ4v) is 17.2. The van der Waals surface area contributed by atoms with Crippen molar-refractivity contribution in [3.05, 3.63) is 53.6 Å². The number of thiazole rings is 1. The molecule has 0 fully saturated rings. The lowest BCUT2D eigenvalue weighted by molar-refractivity contribution is 0.123. The van der Waals surface area contributed by atoms with Crippen LogP contribution in [0.5, 0.6) is 0 Å². The van der Waals surface area contributed by atoms with Gasteiger partial charge in [-0.15, -0.1) is 11.3 Å². The molecule has 0 N–H and O–H groups in total. The van der Waals surface area contributed by atoms with Crippen LogP contribution in [0.2, 0.25) is 6.04 Å². The van der Waals surface area contributed by atoms with Crippen molar-refractivity contribution in [3.8, 4) is 0 Å². The number of hydrogen-bond acceptors (Lipinski definition) is 11. The number of nitrogens with zero attached hydrogens (tertiary/aromatic N) is 1. The van der Waals surface area contributed by atoms with E-state index in [1.54, 1.807) is 93.6 Å². The molecule has 0 spiro atoms. The van der Waals surface area contributed by atoms with Crippen LogP contribution in [0.3, 0.4) is 0 Å². The van der Waals surface area contributed by atoms with Crippen molar-refractivity contribution in [1.29, 1.82) is 0 Å². The molecular weight excluding hydrogens is 543 g/mol. The number of benzene rings is 2. The summed E-state index contributed by atoms with van der Waals surface area (Å²) in [5.41, 5.74) is 3.64. The van der Waals surface area contributed by atoms with Crippen LogP contribution in [0.25, 0.3) is 10.2 Å². The Labute approximate surface area is 211 Å². The van der Waals surface area contributed by atoms with Crippen molar-refractivity contribution < 1.29 is 13.3 Å². The standard InChI is InChI=1S/C19H23NO3S7Si/c1-14-9-10-17(15(13-14)11-12-31(21-2,22-3)23-4)25-27-29-30-28-26-19-20-16-7-5-6-8-18(16)24-19/h5-10,13H,11-12H2,1-4H3. The number of hydrogen-bond donors (Lipinski definition) is 0. The summed E-state index contributed by atoms with van der Waals surface area (Å²) in [5.74, 6) is 0. The highest BCUT2D eigenvalue weighted by atomic mass is 33.9. The normalized spacial score (nSPS) is 12.0. The Bertz CT molecular complexity index is 929. The van der Waals surface area contributed by atoms with E-state index in [1.165, 1.54) is 20.7 Å². The lowest BCUT2D eigenvalue weighted by Gasteiger charge is -2.24. The smallest absolute Gasteiger partial charge is 0.377 e. The average molecular weight is 566 g/mol. The van der Waals surface area contributed by atoms with E-state index in [1.807, 2.05) is 6.07 Å². The third kappa shape index (κ3) is 7.77. The lowest BCUT2D eigenvalue weighted by Crippen LogP contribution is -2.43. The Morgan fingerprint density at radius 3 is 2.32 bits per heavy atom. The van der Waals surface area contributed by atoms with E-state index in [9.17, 15) is 0 Å². The molecule has 0 saturated carbocycles. The monoisotopic (exact) mass is 565 g/mol. The van der Waals surface area contributed by atoms with Crippen molar-refractivity contribution in [2.75, 3.05) is 21.3 Å². The molecule has 0 unspecified atom stereocenters. The molecule has 0 saturated heterocycles. The highest BCUT2D eigenvalue weighted by Gasteiger charge is 2.37. The summed E-state index contributed by atoms with van der Waals surface area (Å²) in [7, 11) is 13.0. The minimum atomic E-state index is -2.57. The summed E-state index contributed by atoms with van der Waals surface area (Å²) in [6.07, 6.45) is 0.867. The minimum Gasteiger partial charge on any atom is -0.377 e. The molecule has 12 heteroatoms. The first-order chi connectivity index (χ1) is 15.1. The van der Waals surface area contributed by atoms with Gasteiger partial charge in [-0.3, -0.25) is 0 Å². The second-order valence-electron chi connectivity index (χ2n) is 6.29. The molecule has 2 aromatic carbocycles. The summed E-state index contributed by atoms with van der Waals surface area (Å²) in [5, 5.41) is 0. The molecular formula is C19H23NO3S7Si. The third-order valence-electron chi connectivity index (χ3n) is 4.44. The molecule has 0 radical (unpaired) electrons. The zero-order valence-electron chi connectivity index (χ0n) is 17.5. The zero-order valence-corrected chi connectivity index (χ0v) is 24.2. The van der Waals surface area contributed by atoms with Gasteiger partial charge in [-0.1, -0.05) is 29.8 Å². The average Bonchev–Trinajstić information content (AvgIpc) is 3.21. The number of aromatic nitrogens is 1. The minimum absolute atomic E-state index is 0.759. The van der Waals surface area contributed by atoms with E-state index in [0.29, 0.717) is 0 Å². The first-order valence-corrected chi connectivity index (χ1v) is 19.4. The van der Waals surface area contributed by atoms with Gasteiger partial charge in [-0.25, -0.2) is 4.98 Å². The first-order valence-electron chi connectivity index (χ1n) is 9.21. The van der Waals surface area contributed by atoms with Crippen LogP contribution in [0, 0.1) is 6.92 Å². The quantitative estimate of drug-likeness (QED) is 0.115. The molecule has 1 aromatic heterocycles. The first kappa shape index (κ1) is 26.1. The molecule has 4 nitrogen and oxygen atoms in total. The Morgan fingerprint density at radius 2 is 1.61 bits per heavy atom. The molecule has 1 heterocycles. The summed E-state index contributed by atoms with van der Waals surface area (Å²) in [6, 6.07) is 15.6. The molecule has 0 aliphatic rings. The predicted molar refractivity (Wildman–Crippen MR) is 148 cm³/mol. The van der Waals surface area contributed by atoms with E-state index in [4.69, 9.17) is 13.3 Å². The largest absolute Gasteiger partial charge is 0.500 e. The van der Waals surface area contributed by atoms with Crippen molar-refractivity contribution in [2.45, 2.75) is 28.6 Å². The van der Waals surface area contributed by atoms with Gasteiger partial charge in [-0.05, 0) is 98.0 Å². The van der Waals surface area contributed by atoms with Crippen LogP contribution >= 0.6 is 72.2 Å². The molecule has 0 aliphatic heterocycles. The van der Waals surface area contributed by atoms with Gasteiger partial charge in [0.2, 0.25) is 0 Å². The molecule has 31 heavy (non-hydrogen) atoms. The highest BCUT2D eigenvalue weighted by Crippen LogP contribution is 2.56. The fourth-order valence-electron chi connectivity index (χ4n) is 2.83. The number of para-hydroxylation sites is 1. The number of aryl methyl sites for hydroxylation is 2. The van der Waals surface area contributed by atoms with Gasteiger partial charge in [-0.2, -0.15) is 0 Å². The molecule has 0 amide bonds. The number of fused-ring (bicyclic) bond motifs is 1. The Kier molecular flexibility index (Phi) is 11.3. The molecule has 168 valence electrons. The summed E-state index contributed by atoms with van der Waals surface area (Å²) >= 11 is 1.74. The van der Waals surface area contributed by atoms with Crippen LogP contribution < -0.4 is 0 Å². The van der Waals surface area contributed by atoms with E-state index in [2.05, 4.69) is 48.3 Å². The summed E-state index contributed by atoms with van der Waals surface area (Å²) < 4.78 is 19.1. The van der Waals surface area contributed by atoms with Crippen LogP contribution in [0.15, 0.2) is 51.7 Å². The second-order valence-corrected chi connectivity index (χ2v) is 19.9. The van der Waals surface area contributed by atoms with E-state index in [0.717, 1.165) is 22.3 Å². The van der Waals surface area contributed by atoms with Crippen molar-refractivity contribution in [3.63, 3.8) is 0 Å². The molecule has 0 atom stereocenters. The van der Waals surface area contributed by atoms with Gasteiger partial charge in [0.1, 0.15) is 0 Å². The third-order valence-corrected chi connectivity index (χ3v) is 19.1. The van der Waals surface area contributed by atoms with Crippen molar-refractivity contribution >= 4 is 91.2 Å². The van der Waals surface area contributed by atoms with Gasteiger partial charge in [0, 0.05) is 32.3 Å². The van der Waals surface area contributed by atoms with Gasteiger partial charge >= 0.3 is 8.80 Å². The van der Waals surface area contributed by atoms with Gasteiger partial charge in [0.15, 0.2) is 4.34 Å². The molecule has 3 aromatic rings. The Balaban J connectivity index is 1.45. The molecule has 0 bridgehead atoms. The van der Waals surface area contributed by atoms with Crippen LogP contribution in [-0.4, -0.2) is 35.1 Å². The predicted octanol–water partition coefficient (Wildman–Crippen LogP) is 8.42. The van der Waals surface area contributed by atoms with Crippen LogP contribution in [-0.2, 0) is 19.7 Å². The highest BCUT2D eigenvalue weighted by molar-refractivity contribution is 9.41.